The van der Waals surface area contributed by atoms with E-state index in [-0.39, 0.29) is 34.8 Å². The van der Waals surface area contributed by atoms with Crippen molar-refractivity contribution in [2.24, 2.45) is 0 Å². The lowest BCUT2D eigenvalue weighted by atomic mass is 10.1. The van der Waals surface area contributed by atoms with Gasteiger partial charge in [0.05, 0.1) is 0 Å². The highest BCUT2D eigenvalue weighted by Crippen LogP contribution is 2.25. The van der Waals surface area contributed by atoms with Crippen molar-refractivity contribution in [2.45, 2.75) is 26.7 Å². The zero-order chi connectivity index (χ0) is 21.1. The zero-order valence-corrected chi connectivity index (χ0v) is 15.9. The number of rotatable bonds is 6. The predicted octanol–water partition coefficient (Wildman–Crippen LogP) is 1.55. The van der Waals surface area contributed by atoms with Crippen molar-refractivity contribution in [3.63, 3.8) is 0 Å². The van der Waals surface area contributed by atoms with Gasteiger partial charge in [0.2, 0.25) is 11.8 Å². The summed E-state index contributed by atoms with van der Waals surface area (Å²) >= 11 is 0. The van der Waals surface area contributed by atoms with Crippen LogP contribution in [-0.2, 0) is 22.4 Å². The van der Waals surface area contributed by atoms with E-state index in [4.69, 9.17) is 10.2 Å². The van der Waals surface area contributed by atoms with Gasteiger partial charge in [0.1, 0.15) is 0 Å². The van der Waals surface area contributed by atoms with Crippen LogP contribution in [0.15, 0.2) is 36.4 Å². The highest BCUT2D eigenvalue weighted by atomic mass is 16.3. The van der Waals surface area contributed by atoms with E-state index >= 15 is 0 Å². The molecule has 8 nitrogen and oxygen atoms in total. The molecular formula is C20H26N2O6. The van der Waals surface area contributed by atoms with Crippen molar-refractivity contribution in [1.29, 1.82) is 0 Å². The van der Waals surface area contributed by atoms with E-state index in [1.807, 2.05) is 0 Å². The maximum atomic E-state index is 10.6. The van der Waals surface area contributed by atoms with E-state index < -0.39 is 0 Å². The third-order valence-corrected chi connectivity index (χ3v) is 3.65. The van der Waals surface area contributed by atoms with Gasteiger partial charge in [-0.05, 0) is 48.2 Å². The lowest BCUT2D eigenvalue weighted by Crippen LogP contribution is -2.22. The molecule has 2 aromatic rings. The summed E-state index contributed by atoms with van der Waals surface area (Å²) in [6.07, 6.45) is 1.26. The topological polar surface area (TPSA) is 139 Å². The molecule has 0 unspecified atom stereocenters. The molecule has 8 heteroatoms. The Balaban J connectivity index is 0.000000280. The van der Waals surface area contributed by atoms with Crippen molar-refractivity contribution < 1.29 is 30.0 Å². The van der Waals surface area contributed by atoms with Crippen LogP contribution in [0.2, 0.25) is 0 Å². The summed E-state index contributed by atoms with van der Waals surface area (Å²) in [4.78, 5) is 21.1. The minimum atomic E-state index is -0.134. The molecule has 152 valence electrons. The molecule has 28 heavy (non-hydrogen) atoms. The van der Waals surface area contributed by atoms with Crippen LogP contribution in [0.25, 0.3) is 0 Å². The molecule has 0 bridgehead atoms. The number of phenols is 4. The lowest BCUT2D eigenvalue weighted by Gasteiger charge is -2.04. The number of benzene rings is 2. The first kappa shape index (κ1) is 22.6. The fourth-order valence-corrected chi connectivity index (χ4v) is 2.21. The fourth-order valence-electron chi connectivity index (χ4n) is 2.21. The molecule has 0 saturated carbocycles. The van der Waals surface area contributed by atoms with Crippen LogP contribution in [0.3, 0.4) is 0 Å². The minimum Gasteiger partial charge on any atom is -0.504 e. The molecule has 0 saturated heterocycles. The highest BCUT2D eigenvalue weighted by molar-refractivity contribution is 5.73. The van der Waals surface area contributed by atoms with Crippen LogP contribution in [0.1, 0.15) is 25.0 Å². The lowest BCUT2D eigenvalue weighted by molar-refractivity contribution is -0.119. The summed E-state index contributed by atoms with van der Waals surface area (Å²) in [6.45, 7) is 3.96. The molecule has 0 aliphatic heterocycles. The Morgan fingerprint density at radius 1 is 0.679 bits per heavy atom. The van der Waals surface area contributed by atoms with E-state index in [1.165, 1.54) is 38.1 Å². The monoisotopic (exact) mass is 390 g/mol. The Kier molecular flexibility index (Phi) is 9.15. The molecule has 2 rings (SSSR count). The van der Waals surface area contributed by atoms with Gasteiger partial charge in [0.15, 0.2) is 23.0 Å². The van der Waals surface area contributed by atoms with Crippen molar-refractivity contribution >= 4 is 11.8 Å². The van der Waals surface area contributed by atoms with Crippen molar-refractivity contribution in [3.05, 3.63) is 47.5 Å². The van der Waals surface area contributed by atoms with Gasteiger partial charge in [-0.3, -0.25) is 9.59 Å². The summed E-state index contributed by atoms with van der Waals surface area (Å²) in [5.74, 6) is -0.682. The van der Waals surface area contributed by atoms with E-state index in [1.54, 1.807) is 12.1 Å². The second-order valence-corrected chi connectivity index (χ2v) is 6.11. The van der Waals surface area contributed by atoms with Crippen LogP contribution in [0.5, 0.6) is 23.0 Å². The van der Waals surface area contributed by atoms with Gasteiger partial charge in [-0.2, -0.15) is 0 Å². The summed E-state index contributed by atoms with van der Waals surface area (Å²) < 4.78 is 0. The summed E-state index contributed by atoms with van der Waals surface area (Å²) in [7, 11) is 0. The van der Waals surface area contributed by atoms with E-state index in [9.17, 15) is 19.8 Å². The number of phenolic OH excluding ortho intramolecular Hbond substituents is 4. The standard InChI is InChI=1S/2C10H13NO3/c2*1-7(12)11-5-4-8-2-3-9(13)10(14)6-8/h2*2-3,6,13-14H,4-5H2,1H3,(H,11,12). The SMILES string of the molecule is CC(=O)NCCc1ccc(O)c(O)c1.CC(=O)NCCc1ccc(O)c(O)c1. The van der Waals surface area contributed by atoms with Gasteiger partial charge in [0, 0.05) is 26.9 Å². The molecule has 0 spiro atoms. The van der Waals surface area contributed by atoms with Crippen LogP contribution in [0.4, 0.5) is 0 Å². The molecule has 0 fully saturated rings. The van der Waals surface area contributed by atoms with Gasteiger partial charge in [0.25, 0.3) is 0 Å². The van der Waals surface area contributed by atoms with E-state index in [2.05, 4.69) is 10.6 Å². The molecular weight excluding hydrogens is 364 g/mol. The van der Waals surface area contributed by atoms with Gasteiger partial charge in [-0.1, -0.05) is 12.1 Å². The Morgan fingerprint density at radius 3 is 1.32 bits per heavy atom. The van der Waals surface area contributed by atoms with Crippen molar-refractivity contribution in [1.82, 2.24) is 10.6 Å². The van der Waals surface area contributed by atoms with Crippen molar-refractivity contribution in [3.8, 4) is 23.0 Å². The third-order valence-electron chi connectivity index (χ3n) is 3.65. The smallest absolute Gasteiger partial charge is 0.216 e. The predicted molar refractivity (Wildman–Crippen MR) is 104 cm³/mol. The van der Waals surface area contributed by atoms with E-state index in [0.29, 0.717) is 25.9 Å². The number of nitrogens with one attached hydrogen (secondary N) is 2. The molecule has 0 aliphatic rings. The Hall–Kier alpha value is -3.42. The number of hydrogen-bond acceptors (Lipinski definition) is 6. The fraction of sp³-hybridized carbons (Fsp3) is 0.300. The average Bonchev–Trinajstić information content (AvgIpc) is 2.61. The second kappa shape index (κ2) is 11.3. The largest absolute Gasteiger partial charge is 0.504 e. The first-order valence-electron chi connectivity index (χ1n) is 8.69. The second-order valence-electron chi connectivity index (χ2n) is 6.11. The molecule has 2 amide bonds. The number of amides is 2. The molecule has 0 radical (unpaired) electrons. The van der Waals surface area contributed by atoms with Crippen LogP contribution >= 0.6 is 0 Å². The third kappa shape index (κ3) is 8.79. The van der Waals surface area contributed by atoms with Gasteiger partial charge in [-0.25, -0.2) is 0 Å². The van der Waals surface area contributed by atoms with Crippen LogP contribution in [0, 0.1) is 0 Å². The average molecular weight is 390 g/mol. The molecule has 0 heterocycles. The Morgan fingerprint density at radius 2 is 1.04 bits per heavy atom. The quantitative estimate of drug-likeness (QED) is 0.414. The number of aromatic hydroxyl groups is 4. The molecule has 0 aliphatic carbocycles. The molecule has 6 N–H and O–H groups in total. The summed E-state index contributed by atoms with van der Waals surface area (Å²) in [5.41, 5.74) is 1.74. The Bertz CT molecular complexity index is 740. The van der Waals surface area contributed by atoms with Crippen molar-refractivity contribution in [2.75, 3.05) is 13.1 Å². The number of hydrogen-bond donors (Lipinski definition) is 6. The Labute approximate surface area is 163 Å². The van der Waals surface area contributed by atoms with E-state index in [0.717, 1.165) is 11.1 Å². The molecule has 0 aromatic heterocycles. The summed E-state index contributed by atoms with van der Waals surface area (Å²) in [5, 5.41) is 41.7. The normalized spacial score (nSPS) is 9.79. The van der Waals surface area contributed by atoms with Gasteiger partial charge >= 0.3 is 0 Å². The first-order chi connectivity index (χ1) is 13.2. The molecule has 2 aromatic carbocycles. The minimum absolute atomic E-state index is 0.0759. The number of carbonyl (C=O) groups is 2. The maximum absolute atomic E-state index is 10.6. The van der Waals surface area contributed by atoms with Crippen LogP contribution in [-0.4, -0.2) is 45.3 Å². The first-order valence-corrected chi connectivity index (χ1v) is 8.69. The number of carbonyl (C=O) groups excluding carboxylic acids is 2. The molecule has 0 atom stereocenters. The summed E-state index contributed by atoms with van der Waals surface area (Å²) in [6, 6.07) is 9.24. The maximum Gasteiger partial charge on any atom is 0.216 e. The highest BCUT2D eigenvalue weighted by Gasteiger charge is 2.01. The van der Waals surface area contributed by atoms with Gasteiger partial charge < -0.3 is 31.1 Å². The zero-order valence-electron chi connectivity index (χ0n) is 15.9. The van der Waals surface area contributed by atoms with Crippen LogP contribution < -0.4 is 10.6 Å². The van der Waals surface area contributed by atoms with Gasteiger partial charge in [-0.15, -0.1) is 0 Å².